The van der Waals surface area contributed by atoms with E-state index < -0.39 is 12.1 Å². The lowest BCUT2D eigenvalue weighted by atomic mass is 10.1. The molecule has 1 saturated heterocycles. The highest BCUT2D eigenvalue weighted by Crippen LogP contribution is 2.22. The molecule has 29 heavy (non-hydrogen) atoms. The number of piperazine rings is 1. The maximum absolute atomic E-state index is 13.3. The molecule has 3 heterocycles. The third-order valence-corrected chi connectivity index (χ3v) is 5.14. The van der Waals surface area contributed by atoms with Gasteiger partial charge < -0.3 is 26.0 Å². The second kappa shape index (κ2) is 9.36. The fourth-order valence-electron chi connectivity index (χ4n) is 3.55. The molecule has 0 radical (unpaired) electrons. The van der Waals surface area contributed by atoms with Gasteiger partial charge in [0.15, 0.2) is 0 Å². The number of aromatic amines is 1. The second-order valence-electron chi connectivity index (χ2n) is 7.09. The molecule has 0 bridgehead atoms. The molecule has 0 aliphatic carbocycles. The maximum Gasteiger partial charge on any atom is 0.247 e. The second-order valence-corrected chi connectivity index (χ2v) is 7.09. The van der Waals surface area contributed by atoms with Crippen LogP contribution in [0.15, 0.2) is 36.5 Å². The highest BCUT2D eigenvalue weighted by molar-refractivity contribution is 5.85. The van der Waals surface area contributed by atoms with Gasteiger partial charge in [-0.05, 0) is 17.5 Å². The Morgan fingerprint density at radius 1 is 1.28 bits per heavy atom. The minimum Gasteiger partial charge on any atom is -0.394 e. The van der Waals surface area contributed by atoms with Crippen LogP contribution < -0.4 is 11.1 Å². The van der Waals surface area contributed by atoms with Crippen molar-refractivity contribution in [2.45, 2.75) is 18.5 Å². The van der Waals surface area contributed by atoms with E-state index in [9.17, 15) is 9.90 Å². The van der Waals surface area contributed by atoms with E-state index in [2.05, 4.69) is 26.7 Å². The zero-order valence-corrected chi connectivity index (χ0v) is 16.8. The lowest BCUT2D eigenvalue weighted by Gasteiger charge is -2.30. The predicted octanol–water partition coefficient (Wildman–Crippen LogP) is 0.389. The van der Waals surface area contributed by atoms with Crippen molar-refractivity contribution in [3.8, 4) is 0 Å². The van der Waals surface area contributed by atoms with Gasteiger partial charge in [0.2, 0.25) is 5.91 Å². The van der Waals surface area contributed by atoms with Crippen LogP contribution in [0, 0.1) is 0 Å². The van der Waals surface area contributed by atoms with Gasteiger partial charge in [-0.15, -0.1) is 17.5 Å². The minimum atomic E-state index is -0.614. The minimum absolute atomic E-state index is 0. The Balaban J connectivity index is 0.00000240. The summed E-state index contributed by atoms with van der Waals surface area (Å²) in [5, 5.41) is 21.8. The number of nitrogens with zero attached hydrogens (tertiary/aromatic N) is 4. The number of rotatable bonds is 6. The number of carbonyl (C=O) groups excluding carboxylic acids is 1. The number of aromatic nitrogens is 4. The molecule has 156 valence electrons. The highest BCUT2D eigenvalue weighted by atomic mass is 35.5. The first-order chi connectivity index (χ1) is 13.7. The average Bonchev–Trinajstić information content (AvgIpc) is 3.38. The van der Waals surface area contributed by atoms with Gasteiger partial charge in [0.1, 0.15) is 11.7 Å². The topological polar surface area (TPSA) is 125 Å². The van der Waals surface area contributed by atoms with Crippen molar-refractivity contribution >= 4 is 29.2 Å². The zero-order chi connectivity index (χ0) is 19.5. The van der Waals surface area contributed by atoms with Crippen LogP contribution in [0.5, 0.6) is 0 Å². The number of H-pyrrole nitrogens is 1. The number of aliphatic hydroxyl groups is 1. The molecule has 1 fully saturated rings. The number of fused-ring (bicyclic) bond motifs is 1. The Kier molecular flexibility index (Phi) is 6.86. The SMILES string of the molecule is Cl.N[C@@H](CO)c1cn([C@H](Cc2cc3ccccc3[nH]2)C(=O)N2CCNCC2)nn1. The van der Waals surface area contributed by atoms with Crippen molar-refractivity contribution in [1.29, 1.82) is 0 Å². The van der Waals surface area contributed by atoms with Crippen molar-refractivity contribution in [3.63, 3.8) is 0 Å². The van der Waals surface area contributed by atoms with Gasteiger partial charge in [-0.3, -0.25) is 4.79 Å². The number of aliphatic hydroxyl groups excluding tert-OH is 1. The molecule has 3 aromatic rings. The number of hydrogen-bond donors (Lipinski definition) is 4. The summed E-state index contributed by atoms with van der Waals surface area (Å²) in [6.07, 6.45) is 2.13. The van der Waals surface area contributed by atoms with Crippen molar-refractivity contribution in [2.24, 2.45) is 5.73 Å². The van der Waals surface area contributed by atoms with Crippen molar-refractivity contribution in [1.82, 2.24) is 30.2 Å². The standard InChI is InChI=1S/C19H25N7O2.ClH/c20-15(12-27)17-11-26(24-23-17)18(19(28)25-7-5-21-6-8-25)10-14-9-13-3-1-2-4-16(13)22-14;/h1-4,9,11,15,18,21-22,27H,5-8,10,12,20H2;1H/t15-,18+;/m0./s1. The first-order valence-corrected chi connectivity index (χ1v) is 9.50. The van der Waals surface area contributed by atoms with Gasteiger partial charge in [-0.25, -0.2) is 4.68 Å². The number of amides is 1. The van der Waals surface area contributed by atoms with Crippen LogP contribution in [0.4, 0.5) is 0 Å². The number of benzene rings is 1. The summed E-state index contributed by atoms with van der Waals surface area (Å²) >= 11 is 0. The summed E-state index contributed by atoms with van der Waals surface area (Å²) in [6.45, 7) is 2.67. The molecule has 0 unspecified atom stereocenters. The molecule has 1 aliphatic heterocycles. The fraction of sp³-hybridized carbons (Fsp3) is 0.421. The normalized spacial score (nSPS) is 16.4. The van der Waals surface area contributed by atoms with Crippen molar-refractivity contribution < 1.29 is 9.90 Å². The molecule has 9 nitrogen and oxygen atoms in total. The van der Waals surface area contributed by atoms with Crippen LogP contribution >= 0.6 is 12.4 Å². The summed E-state index contributed by atoms with van der Waals surface area (Å²) in [5.74, 6) is 0.00850. The van der Waals surface area contributed by atoms with E-state index in [0.29, 0.717) is 25.2 Å². The molecule has 1 aliphatic rings. The number of halogens is 1. The molecule has 5 N–H and O–H groups in total. The van der Waals surface area contributed by atoms with E-state index in [1.54, 1.807) is 10.9 Å². The summed E-state index contributed by atoms with van der Waals surface area (Å²) in [5.41, 5.74) is 8.32. The molecule has 4 rings (SSSR count). The average molecular weight is 420 g/mol. The van der Waals surface area contributed by atoms with Crippen molar-refractivity contribution in [2.75, 3.05) is 32.8 Å². The lowest BCUT2D eigenvalue weighted by molar-refractivity contribution is -0.135. The zero-order valence-electron chi connectivity index (χ0n) is 16.0. The van der Waals surface area contributed by atoms with E-state index in [-0.39, 0.29) is 24.9 Å². The summed E-state index contributed by atoms with van der Waals surface area (Å²) < 4.78 is 1.57. The Bertz CT molecular complexity index is 918. The van der Waals surface area contributed by atoms with E-state index >= 15 is 0 Å². The largest absolute Gasteiger partial charge is 0.394 e. The van der Waals surface area contributed by atoms with E-state index in [4.69, 9.17) is 5.73 Å². The van der Waals surface area contributed by atoms with Crippen LogP contribution in [0.2, 0.25) is 0 Å². The molecule has 1 aromatic carbocycles. The van der Waals surface area contributed by atoms with Gasteiger partial charge >= 0.3 is 0 Å². The van der Waals surface area contributed by atoms with E-state index in [1.807, 2.05) is 29.2 Å². The Hall–Kier alpha value is -2.46. The molecule has 0 spiro atoms. The van der Waals surface area contributed by atoms with Crippen LogP contribution in [-0.2, 0) is 11.2 Å². The molecule has 2 atom stereocenters. The van der Waals surface area contributed by atoms with Gasteiger partial charge in [0, 0.05) is 43.8 Å². The van der Waals surface area contributed by atoms with Crippen LogP contribution in [0.1, 0.15) is 23.5 Å². The summed E-state index contributed by atoms with van der Waals surface area (Å²) in [7, 11) is 0. The van der Waals surface area contributed by atoms with E-state index in [0.717, 1.165) is 29.7 Å². The summed E-state index contributed by atoms with van der Waals surface area (Å²) in [4.78, 5) is 18.5. The number of carbonyl (C=O) groups is 1. The Labute approximate surface area is 174 Å². The van der Waals surface area contributed by atoms with Gasteiger partial charge in [0.25, 0.3) is 0 Å². The van der Waals surface area contributed by atoms with Crippen molar-refractivity contribution in [3.05, 3.63) is 47.9 Å². The molecule has 2 aromatic heterocycles. The molecule has 10 heteroatoms. The Morgan fingerprint density at radius 2 is 2.03 bits per heavy atom. The van der Waals surface area contributed by atoms with Gasteiger partial charge in [-0.2, -0.15) is 0 Å². The van der Waals surface area contributed by atoms with Gasteiger partial charge in [-0.1, -0.05) is 23.4 Å². The smallest absolute Gasteiger partial charge is 0.247 e. The number of nitrogens with two attached hydrogens (primary N) is 1. The monoisotopic (exact) mass is 419 g/mol. The maximum atomic E-state index is 13.3. The third-order valence-electron chi connectivity index (χ3n) is 5.14. The Morgan fingerprint density at radius 3 is 2.76 bits per heavy atom. The molecule has 0 saturated carbocycles. The number of nitrogens with one attached hydrogen (secondary N) is 2. The number of para-hydroxylation sites is 1. The van der Waals surface area contributed by atoms with E-state index in [1.165, 1.54) is 0 Å². The fourth-order valence-corrected chi connectivity index (χ4v) is 3.55. The first-order valence-electron chi connectivity index (χ1n) is 9.50. The van der Waals surface area contributed by atoms with Crippen LogP contribution in [0.3, 0.4) is 0 Å². The predicted molar refractivity (Wildman–Crippen MR) is 112 cm³/mol. The lowest BCUT2D eigenvalue weighted by Crippen LogP contribution is -2.49. The van der Waals surface area contributed by atoms with Crippen LogP contribution in [-0.4, -0.2) is 68.7 Å². The van der Waals surface area contributed by atoms with Crippen LogP contribution in [0.25, 0.3) is 10.9 Å². The van der Waals surface area contributed by atoms with Gasteiger partial charge in [0.05, 0.1) is 18.8 Å². The quantitative estimate of drug-likeness (QED) is 0.458. The summed E-state index contributed by atoms with van der Waals surface area (Å²) in [6, 6.07) is 8.94. The number of hydrogen-bond acceptors (Lipinski definition) is 6. The highest BCUT2D eigenvalue weighted by Gasteiger charge is 2.29. The first kappa shape index (κ1) is 21.3. The molecule has 1 amide bonds. The molecular weight excluding hydrogens is 394 g/mol. The third kappa shape index (κ3) is 4.59. The molecular formula is C19H26ClN7O2.